The number of carbonyl (C=O) groups is 4. The molecule has 0 atom stereocenters. The molecule has 0 aliphatic heterocycles. The van der Waals surface area contributed by atoms with Crippen LogP contribution in [0.25, 0.3) is 0 Å². The number of benzene rings is 1. The summed E-state index contributed by atoms with van der Waals surface area (Å²) in [6.45, 7) is 0. The first-order valence-corrected chi connectivity index (χ1v) is 7.76. The molecule has 0 unspecified atom stereocenters. The number of hydrogen-bond acceptors (Lipinski definition) is 5. The second-order valence-electron chi connectivity index (χ2n) is 4.48. The summed E-state index contributed by atoms with van der Waals surface area (Å²) in [6, 6.07) is 6.04. The van der Waals surface area contributed by atoms with Crippen LogP contribution in [0.2, 0.25) is 0 Å². The Morgan fingerprint density at radius 2 is 1.71 bits per heavy atom. The zero-order chi connectivity index (χ0) is 15.4. The number of nitrogens with one attached hydrogen (secondary N) is 1. The lowest BCUT2D eigenvalue weighted by atomic mass is 10.2. The molecule has 0 radical (unpaired) electrons. The van der Waals surface area contributed by atoms with Gasteiger partial charge in [0.05, 0.1) is 9.99 Å². The Bertz CT molecular complexity index is 580. The van der Waals surface area contributed by atoms with Crippen LogP contribution in [0, 0.1) is 0 Å². The van der Waals surface area contributed by atoms with Gasteiger partial charge in [0.25, 0.3) is 0 Å². The number of ketones is 2. The summed E-state index contributed by atoms with van der Waals surface area (Å²) < 4.78 is 5.26. The van der Waals surface area contributed by atoms with Crippen LogP contribution in [0.5, 0.6) is 0 Å². The third kappa shape index (κ3) is 3.87. The van der Waals surface area contributed by atoms with Crippen LogP contribution in [0.1, 0.15) is 23.2 Å². The van der Waals surface area contributed by atoms with E-state index in [2.05, 4.69) is 5.32 Å². The van der Waals surface area contributed by atoms with Gasteiger partial charge in [0, 0.05) is 18.5 Å². The molecule has 1 aromatic rings. The molecule has 21 heavy (non-hydrogen) atoms. The van der Waals surface area contributed by atoms with Crippen molar-refractivity contribution in [2.45, 2.75) is 18.9 Å². The number of anilines is 1. The maximum Gasteiger partial charge on any atom is 0.339 e. The van der Waals surface area contributed by atoms with Crippen molar-refractivity contribution >= 4 is 51.7 Å². The molecular formula is C14H12INO5. The van der Waals surface area contributed by atoms with Gasteiger partial charge >= 0.3 is 5.97 Å². The van der Waals surface area contributed by atoms with Crippen LogP contribution in [0.15, 0.2) is 24.3 Å². The van der Waals surface area contributed by atoms with Crippen molar-refractivity contribution in [3.8, 4) is 0 Å². The van der Waals surface area contributed by atoms with Gasteiger partial charge in [-0.25, -0.2) is 4.79 Å². The fraction of sp³-hybridized carbons (Fsp3) is 0.286. The minimum atomic E-state index is -1.27. The standard InChI is InChI=1S/C14H12INO5/c15-7-12(19)16-9-3-1-8(2-4-9)14(20)21-13-10(17)5-6-11(13)18/h1-4,13H,5-7H2,(H,16,19). The predicted octanol–water partition coefficient (Wildman–Crippen LogP) is 1.52. The van der Waals surface area contributed by atoms with E-state index >= 15 is 0 Å². The number of esters is 1. The Hall–Kier alpha value is -1.77. The summed E-state index contributed by atoms with van der Waals surface area (Å²) >= 11 is 1.94. The van der Waals surface area contributed by atoms with Gasteiger partial charge in [0.1, 0.15) is 0 Å². The lowest BCUT2D eigenvalue weighted by Gasteiger charge is -2.09. The van der Waals surface area contributed by atoms with Gasteiger partial charge in [0.15, 0.2) is 11.6 Å². The molecule has 6 nitrogen and oxygen atoms in total. The van der Waals surface area contributed by atoms with Crippen molar-refractivity contribution in [3.63, 3.8) is 0 Å². The summed E-state index contributed by atoms with van der Waals surface area (Å²) in [7, 11) is 0. The van der Waals surface area contributed by atoms with Crippen LogP contribution in [-0.2, 0) is 19.1 Å². The number of amides is 1. The van der Waals surface area contributed by atoms with Crippen molar-refractivity contribution in [3.05, 3.63) is 29.8 Å². The minimum Gasteiger partial charge on any atom is -0.443 e. The largest absolute Gasteiger partial charge is 0.443 e. The lowest BCUT2D eigenvalue weighted by Crippen LogP contribution is -2.28. The summed E-state index contributed by atoms with van der Waals surface area (Å²) in [5, 5.41) is 2.64. The van der Waals surface area contributed by atoms with E-state index < -0.39 is 12.1 Å². The van der Waals surface area contributed by atoms with Crippen molar-refractivity contribution in [1.29, 1.82) is 0 Å². The Kier molecular flexibility index (Phi) is 5.05. The van der Waals surface area contributed by atoms with Gasteiger partial charge < -0.3 is 10.1 Å². The number of Topliss-reactive ketones (excluding diaryl/α,β-unsaturated/α-hetero) is 2. The number of rotatable bonds is 4. The van der Waals surface area contributed by atoms with E-state index in [1.165, 1.54) is 12.1 Å². The molecule has 0 bridgehead atoms. The number of ether oxygens (including phenoxy) is 1. The highest BCUT2D eigenvalue weighted by molar-refractivity contribution is 14.1. The van der Waals surface area contributed by atoms with Gasteiger partial charge in [-0.05, 0) is 24.3 Å². The molecule has 110 valence electrons. The highest BCUT2D eigenvalue weighted by Crippen LogP contribution is 2.17. The Labute approximate surface area is 134 Å². The second-order valence-corrected chi connectivity index (χ2v) is 5.24. The molecule has 0 heterocycles. The fourth-order valence-corrected chi connectivity index (χ4v) is 2.07. The van der Waals surface area contributed by atoms with E-state index in [9.17, 15) is 19.2 Å². The van der Waals surface area contributed by atoms with Crippen molar-refractivity contribution < 1.29 is 23.9 Å². The number of carbonyl (C=O) groups excluding carboxylic acids is 4. The molecule has 1 amide bonds. The topological polar surface area (TPSA) is 89.5 Å². The Morgan fingerprint density at radius 3 is 2.24 bits per heavy atom. The van der Waals surface area contributed by atoms with E-state index in [4.69, 9.17) is 4.74 Å². The zero-order valence-corrected chi connectivity index (χ0v) is 13.1. The number of hydrogen-bond donors (Lipinski definition) is 1. The number of alkyl halides is 1. The van der Waals surface area contributed by atoms with Crippen LogP contribution >= 0.6 is 22.6 Å². The smallest absolute Gasteiger partial charge is 0.339 e. The maximum atomic E-state index is 11.9. The van der Waals surface area contributed by atoms with E-state index in [-0.39, 0.29) is 35.9 Å². The van der Waals surface area contributed by atoms with Crippen LogP contribution in [0.3, 0.4) is 0 Å². The highest BCUT2D eigenvalue weighted by Gasteiger charge is 2.36. The molecule has 1 fully saturated rings. The summed E-state index contributed by atoms with van der Waals surface area (Å²) in [4.78, 5) is 45.9. The molecule has 7 heteroatoms. The zero-order valence-electron chi connectivity index (χ0n) is 10.9. The van der Waals surface area contributed by atoms with Crippen molar-refractivity contribution in [2.24, 2.45) is 0 Å². The summed E-state index contributed by atoms with van der Waals surface area (Å²) in [6.07, 6.45) is -1.02. The predicted molar refractivity (Wildman–Crippen MR) is 82.4 cm³/mol. The monoisotopic (exact) mass is 401 g/mol. The average Bonchev–Trinajstić information content (AvgIpc) is 2.79. The molecule has 1 saturated carbocycles. The third-order valence-electron chi connectivity index (χ3n) is 2.95. The lowest BCUT2D eigenvalue weighted by molar-refractivity contribution is -0.133. The average molecular weight is 401 g/mol. The third-order valence-corrected chi connectivity index (χ3v) is 3.65. The minimum absolute atomic E-state index is 0.123. The van der Waals surface area contributed by atoms with E-state index in [1.807, 2.05) is 22.6 Å². The van der Waals surface area contributed by atoms with E-state index in [1.54, 1.807) is 12.1 Å². The molecule has 1 N–H and O–H groups in total. The van der Waals surface area contributed by atoms with Crippen LogP contribution < -0.4 is 5.32 Å². The molecule has 1 aliphatic carbocycles. The van der Waals surface area contributed by atoms with Crippen molar-refractivity contribution in [1.82, 2.24) is 0 Å². The molecule has 0 saturated heterocycles. The van der Waals surface area contributed by atoms with E-state index in [0.717, 1.165) is 0 Å². The van der Waals surface area contributed by atoms with Crippen LogP contribution in [0.4, 0.5) is 5.69 Å². The van der Waals surface area contributed by atoms with Gasteiger partial charge in [-0.2, -0.15) is 0 Å². The highest BCUT2D eigenvalue weighted by atomic mass is 127. The quantitative estimate of drug-likeness (QED) is 0.358. The first-order valence-electron chi connectivity index (χ1n) is 6.23. The summed E-state index contributed by atoms with van der Waals surface area (Å²) in [5.41, 5.74) is 0.774. The molecule has 1 aromatic carbocycles. The Balaban J connectivity index is 2.01. The SMILES string of the molecule is O=C(CI)Nc1ccc(C(=O)OC2C(=O)CCC2=O)cc1. The maximum absolute atomic E-state index is 11.9. The van der Waals surface area contributed by atoms with Gasteiger partial charge in [0.2, 0.25) is 12.0 Å². The second kappa shape index (κ2) is 6.79. The van der Waals surface area contributed by atoms with E-state index in [0.29, 0.717) is 10.1 Å². The molecule has 1 aliphatic rings. The molecule has 0 aromatic heterocycles. The van der Waals surface area contributed by atoms with Gasteiger partial charge in [-0.1, -0.05) is 22.6 Å². The van der Waals surface area contributed by atoms with Crippen LogP contribution in [-0.4, -0.2) is 34.0 Å². The first-order chi connectivity index (χ1) is 10.0. The first kappa shape index (κ1) is 15.6. The normalized spacial score (nSPS) is 15.1. The van der Waals surface area contributed by atoms with Gasteiger partial charge in [-0.15, -0.1) is 0 Å². The molecule has 0 spiro atoms. The molecular weight excluding hydrogens is 389 g/mol. The van der Waals surface area contributed by atoms with Gasteiger partial charge in [-0.3, -0.25) is 14.4 Å². The number of halogens is 1. The fourth-order valence-electron chi connectivity index (χ4n) is 1.88. The van der Waals surface area contributed by atoms with Crippen molar-refractivity contribution in [2.75, 3.05) is 9.74 Å². The molecule has 2 rings (SSSR count). The Morgan fingerprint density at radius 1 is 1.14 bits per heavy atom. The summed E-state index contributed by atoms with van der Waals surface area (Å²) in [5.74, 6) is -1.60.